The van der Waals surface area contributed by atoms with Crippen LogP contribution >= 0.6 is 15.9 Å². The van der Waals surface area contributed by atoms with Gasteiger partial charge in [0.15, 0.2) is 0 Å². The highest BCUT2D eigenvalue weighted by atomic mass is 79.9. The maximum Gasteiger partial charge on any atom is 0.137 e. The van der Waals surface area contributed by atoms with Gasteiger partial charge in [-0.3, -0.25) is 0 Å². The van der Waals surface area contributed by atoms with Crippen LogP contribution in [0, 0.1) is 11.2 Å². The van der Waals surface area contributed by atoms with E-state index in [9.17, 15) is 4.39 Å². The summed E-state index contributed by atoms with van der Waals surface area (Å²) in [4.78, 5) is 0. The molecule has 0 bridgehead atoms. The third kappa shape index (κ3) is 4.29. The van der Waals surface area contributed by atoms with Crippen molar-refractivity contribution in [1.29, 1.82) is 0 Å². The lowest BCUT2D eigenvalue weighted by Gasteiger charge is -2.38. The zero-order chi connectivity index (χ0) is 14.4. The van der Waals surface area contributed by atoms with Crippen molar-refractivity contribution in [3.63, 3.8) is 0 Å². The molecule has 3 heteroatoms. The van der Waals surface area contributed by atoms with E-state index in [0.29, 0.717) is 9.89 Å². The highest BCUT2D eigenvalue weighted by molar-refractivity contribution is 9.10. The Kier molecular flexibility index (Phi) is 6.03. The lowest BCUT2D eigenvalue weighted by Crippen LogP contribution is -2.29. The number of hydrogen-bond donors (Lipinski definition) is 1. The highest BCUT2D eigenvalue weighted by Crippen LogP contribution is 2.42. The number of nitrogens with one attached hydrogen (secondary N) is 1. The van der Waals surface area contributed by atoms with Gasteiger partial charge in [0.1, 0.15) is 5.82 Å². The van der Waals surface area contributed by atoms with Crippen LogP contribution < -0.4 is 5.32 Å². The van der Waals surface area contributed by atoms with Gasteiger partial charge in [-0.25, -0.2) is 4.39 Å². The molecule has 0 amide bonds. The molecule has 1 aliphatic rings. The Balaban J connectivity index is 1.98. The van der Waals surface area contributed by atoms with Crippen LogP contribution in [0.2, 0.25) is 0 Å². The first-order chi connectivity index (χ1) is 9.65. The maximum atomic E-state index is 13.3. The molecule has 1 N–H and O–H groups in total. The fourth-order valence-corrected chi connectivity index (χ4v) is 3.85. The second kappa shape index (κ2) is 7.56. The minimum Gasteiger partial charge on any atom is -0.320 e. The molecule has 1 aromatic rings. The Hall–Kier alpha value is -0.410. The first kappa shape index (κ1) is 16.0. The zero-order valence-electron chi connectivity index (χ0n) is 12.4. The van der Waals surface area contributed by atoms with Crippen LogP contribution in [0.4, 0.5) is 4.39 Å². The Bertz CT molecular complexity index is 427. The molecule has 0 unspecified atom stereocenters. The van der Waals surface area contributed by atoms with Crippen molar-refractivity contribution in [2.45, 2.75) is 51.4 Å². The molecular formula is C17H25BrFN. The smallest absolute Gasteiger partial charge is 0.137 e. The third-order valence-electron chi connectivity index (χ3n) is 4.75. The quantitative estimate of drug-likeness (QED) is 0.760. The Morgan fingerprint density at radius 2 is 1.95 bits per heavy atom. The molecule has 1 nitrogen and oxygen atoms in total. The molecule has 112 valence electrons. The van der Waals surface area contributed by atoms with E-state index >= 15 is 0 Å². The number of aryl methyl sites for hydroxylation is 1. The second-order valence-electron chi connectivity index (χ2n) is 6.16. The second-order valence-corrected chi connectivity index (χ2v) is 7.02. The molecule has 0 radical (unpaired) electrons. The first-order valence-electron chi connectivity index (χ1n) is 7.74. The van der Waals surface area contributed by atoms with E-state index in [1.807, 2.05) is 19.2 Å². The molecule has 0 aromatic heterocycles. The summed E-state index contributed by atoms with van der Waals surface area (Å²) in [5, 5.41) is 3.30. The minimum atomic E-state index is -0.170. The van der Waals surface area contributed by atoms with Crippen LogP contribution in [-0.2, 0) is 6.42 Å². The maximum absolute atomic E-state index is 13.3. The fraction of sp³-hybridized carbons (Fsp3) is 0.647. The van der Waals surface area contributed by atoms with E-state index in [-0.39, 0.29) is 5.82 Å². The van der Waals surface area contributed by atoms with Gasteiger partial charge in [-0.1, -0.05) is 25.3 Å². The number of rotatable bonds is 6. The van der Waals surface area contributed by atoms with Gasteiger partial charge >= 0.3 is 0 Å². The molecular weight excluding hydrogens is 317 g/mol. The normalized spacial score (nSPS) is 18.1. The fourth-order valence-electron chi connectivity index (χ4n) is 3.42. The summed E-state index contributed by atoms with van der Waals surface area (Å²) in [7, 11) is 2.04. The monoisotopic (exact) mass is 341 g/mol. The van der Waals surface area contributed by atoms with Gasteiger partial charge in [0.25, 0.3) is 0 Å². The number of benzene rings is 1. The average molecular weight is 342 g/mol. The van der Waals surface area contributed by atoms with Gasteiger partial charge < -0.3 is 5.32 Å². The number of hydrogen-bond acceptors (Lipinski definition) is 1. The molecule has 2 rings (SSSR count). The van der Waals surface area contributed by atoms with Crippen molar-refractivity contribution in [3.8, 4) is 0 Å². The average Bonchev–Trinajstić information content (AvgIpc) is 2.48. The van der Waals surface area contributed by atoms with E-state index in [1.165, 1.54) is 50.5 Å². The van der Waals surface area contributed by atoms with Crippen LogP contribution in [0.15, 0.2) is 22.7 Å². The summed E-state index contributed by atoms with van der Waals surface area (Å²) >= 11 is 3.28. The van der Waals surface area contributed by atoms with E-state index in [2.05, 4.69) is 21.2 Å². The SMILES string of the molecule is CNCCC1(CCc2ccc(F)c(Br)c2)CCCCC1. The molecule has 20 heavy (non-hydrogen) atoms. The molecule has 0 heterocycles. The summed E-state index contributed by atoms with van der Waals surface area (Å²) in [5.74, 6) is -0.170. The molecule has 1 fully saturated rings. The predicted molar refractivity (Wildman–Crippen MR) is 86.5 cm³/mol. The molecule has 0 saturated heterocycles. The van der Waals surface area contributed by atoms with Crippen molar-refractivity contribution < 1.29 is 4.39 Å². The van der Waals surface area contributed by atoms with Crippen molar-refractivity contribution in [2.24, 2.45) is 5.41 Å². The van der Waals surface area contributed by atoms with Gasteiger partial charge in [0.2, 0.25) is 0 Å². The van der Waals surface area contributed by atoms with Crippen LogP contribution in [0.5, 0.6) is 0 Å². The highest BCUT2D eigenvalue weighted by Gasteiger charge is 2.30. The molecule has 1 saturated carbocycles. The summed E-state index contributed by atoms with van der Waals surface area (Å²) in [6.07, 6.45) is 10.4. The molecule has 0 aliphatic heterocycles. The predicted octanol–water partition coefficient (Wildman–Crippen LogP) is 5.08. The van der Waals surface area contributed by atoms with Crippen LogP contribution in [-0.4, -0.2) is 13.6 Å². The third-order valence-corrected chi connectivity index (χ3v) is 5.36. The van der Waals surface area contributed by atoms with E-state index < -0.39 is 0 Å². The lowest BCUT2D eigenvalue weighted by atomic mass is 9.68. The summed E-state index contributed by atoms with van der Waals surface area (Å²) in [6.45, 7) is 1.10. The van der Waals surface area contributed by atoms with E-state index in [0.717, 1.165) is 13.0 Å². The van der Waals surface area contributed by atoms with Crippen molar-refractivity contribution in [1.82, 2.24) is 5.32 Å². The minimum absolute atomic E-state index is 0.170. The number of halogens is 2. The van der Waals surface area contributed by atoms with Crippen molar-refractivity contribution >= 4 is 15.9 Å². The van der Waals surface area contributed by atoms with Crippen LogP contribution in [0.1, 0.15) is 50.5 Å². The zero-order valence-corrected chi connectivity index (χ0v) is 13.9. The van der Waals surface area contributed by atoms with Gasteiger partial charge in [0.05, 0.1) is 4.47 Å². The van der Waals surface area contributed by atoms with Gasteiger partial charge in [-0.2, -0.15) is 0 Å². The molecule has 0 atom stereocenters. The molecule has 1 aliphatic carbocycles. The van der Waals surface area contributed by atoms with Crippen LogP contribution in [0.25, 0.3) is 0 Å². The Morgan fingerprint density at radius 3 is 2.60 bits per heavy atom. The summed E-state index contributed by atoms with van der Waals surface area (Å²) in [6, 6.07) is 5.43. The summed E-state index contributed by atoms with van der Waals surface area (Å²) < 4.78 is 13.9. The standard InChI is InChI=1S/C17H25BrFN/c1-20-12-11-17(8-3-2-4-9-17)10-7-14-5-6-16(19)15(18)13-14/h5-6,13,20H,2-4,7-12H2,1H3. The summed E-state index contributed by atoms with van der Waals surface area (Å²) in [5.41, 5.74) is 1.75. The largest absolute Gasteiger partial charge is 0.320 e. The van der Waals surface area contributed by atoms with E-state index in [4.69, 9.17) is 0 Å². The Morgan fingerprint density at radius 1 is 1.20 bits per heavy atom. The van der Waals surface area contributed by atoms with Crippen molar-refractivity contribution in [3.05, 3.63) is 34.1 Å². The van der Waals surface area contributed by atoms with Gasteiger partial charge in [0, 0.05) is 0 Å². The van der Waals surface area contributed by atoms with Crippen LogP contribution in [0.3, 0.4) is 0 Å². The molecule has 0 spiro atoms. The van der Waals surface area contributed by atoms with Gasteiger partial charge in [-0.05, 0) is 84.7 Å². The first-order valence-corrected chi connectivity index (χ1v) is 8.53. The van der Waals surface area contributed by atoms with E-state index in [1.54, 1.807) is 6.07 Å². The topological polar surface area (TPSA) is 12.0 Å². The molecule has 1 aromatic carbocycles. The lowest BCUT2D eigenvalue weighted by molar-refractivity contribution is 0.157. The van der Waals surface area contributed by atoms with Gasteiger partial charge in [-0.15, -0.1) is 0 Å². The Labute approximate surface area is 130 Å². The van der Waals surface area contributed by atoms with Crippen molar-refractivity contribution in [2.75, 3.05) is 13.6 Å².